The summed E-state index contributed by atoms with van der Waals surface area (Å²) in [6.45, 7) is 10.8. The van der Waals surface area contributed by atoms with Gasteiger partial charge in [0.1, 0.15) is 5.58 Å². The number of aromatic nitrogens is 2. The summed E-state index contributed by atoms with van der Waals surface area (Å²) in [6, 6.07) is 39.3. The molecule has 285 valence electrons. The molecule has 0 spiro atoms. The first kappa shape index (κ1) is 30.5. The van der Waals surface area contributed by atoms with Gasteiger partial charge in [-0.05, 0) is 88.0 Å². The van der Waals surface area contributed by atoms with E-state index in [0.717, 1.165) is 44.3 Å². The third-order valence-electron chi connectivity index (χ3n) is 10.6. The average Bonchev–Trinajstić information content (AvgIpc) is 3.62. The zero-order chi connectivity index (χ0) is 45.3. The van der Waals surface area contributed by atoms with Crippen molar-refractivity contribution in [2.45, 2.75) is 78.7 Å². The Morgan fingerprint density at radius 1 is 0.839 bits per heavy atom. The number of hydrogen-bond acceptors (Lipinski definition) is 3. The van der Waals surface area contributed by atoms with Crippen molar-refractivity contribution in [3.05, 3.63) is 150 Å². The molecule has 0 aliphatic heterocycles. The van der Waals surface area contributed by atoms with Gasteiger partial charge in [-0.15, -0.1) is 53.6 Å². The van der Waals surface area contributed by atoms with E-state index in [1.807, 2.05) is 43.5 Å². The van der Waals surface area contributed by atoms with Gasteiger partial charge in [-0.3, -0.25) is 0 Å². The van der Waals surface area contributed by atoms with Gasteiger partial charge in [-0.2, -0.15) is 0 Å². The summed E-state index contributed by atoms with van der Waals surface area (Å²) in [4.78, 5) is 9.17. The van der Waals surface area contributed by atoms with E-state index in [2.05, 4.69) is 98.1 Å². The third-order valence-corrected chi connectivity index (χ3v) is 12.6. The normalized spacial score (nSPS) is 18.0. The monoisotopic (exact) mass is 935 g/mol. The molecule has 0 amide bonds. The van der Waals surface area contributed by atoms with Gasteiger partial charge in [0.15, 0.2) is 0 Å². The second kappa shape index (κ2) is 16.4. The summed E-state index contributed by atoms with van der Waals surface area (Å²) in [5.74, 6) is -0.555. The Labute approximate surface area is 358 Å². The molecule has 0 fully saturated rings. The maximum Gasteiger partial charge on any atom is 0.121 e. The van der Waals surface area contributed by atoms with Crippen molar-refractivity contribution in [3.63, 3.8) is 0 Å². The SMILES string of the molecule is [2H]C([2H])([2H])c1c[c-]c(-c2cc(C([2H])(C)C(C)C)c([Si](C)(C)C)cn2)cc1.[2H]C1([2H])CCC([2H])([2H])c2c1ccnc2-c1[c-]ccc2c1oc1cc(-c3cccc4ccccc34)ccc12.[Ir]. The Kier molecular flexibility index (Phi) is 8.94. The number of nitrogens with zero attached hydrogens (tertiary/aromatic N) is 2. The third kappa shape index (κ3) is 7.83. The molecule has 5 heteroatoms. The molecular formula is C51H50IrN2OSi-2. The fraction of sp³-hybridized carbons (Fsp3) is 0.255. The van der Waals surface area contributed by atoms with Crippen molar-refractivity contribution in [1.82, 2.24) is 9.97 Å². The molecular weight excluding hydrogens is 877 g/mol. The maximum atomic E-state index is 8.93. The van der Waals surface area contributed by atoms with Crippen LogP contribution in [-0.4, -0.2) is 18.0 Å². The predicted octanol–water partition coefficient (Wildman–Crippen LogP) is 13.3. The molecule has 9 rings (SSSR count). The molecule has 1 aliphatic carbocycles. The van der Waals surface area contributed by atoms with Crippen LogP contribution in [0.1, 0.15) is 72.7 Å². The minimum atomic E-state index is -2.13. The fourth-order valence-corrected chi connectivity index (χ4v) is 8.88. The number of rotatable bonds is 6. The van der Waals surface area contributed by atoms with Crippen LogP contribution >= 0.6 is 0 Å². The summed E-state index contributed by atoms with van der Waals surface area (Å²) in [7, 11) is -1.66. The molecule has 3 heterocycles. The fourth-order valence-electron chi connectivity index (χ4n) is 7.35. The standard InChI is InChI=1S/C31H22NO.C20H28NSi.Ir/c1-3-10-23-20(7-1)9-5-12-24(23)22-15-16-26-27-13-6-14-28(31(27)33-29(26)19-22)30-25-11-4-2-8-21(25)17-18-32-30;1-14(2)16(4)18-12-19(17-10-8-15(3)9-11-17)21-13-20(18)22(5,6)7;/h1,3,5-7,9-10,12-13,15-19H,2,4,8,11H2;8-10,12-14,16H,1-7H3;/q2*-1;/i8D2,11D2;3D3,16D;. The van der Waals surface area contributed by atoms with Crippen LogP contribution in [0.25, 0.3) is 66.4 Å². The number of pyridine rings is 2. The largest absolute Gasteiger partial charge is 0.501 e. The molecule has 0 N–H and O–H groups in total. The second-order valence-electron chi connectivity index (χ2n) is 15.6. The van der Waals surface area contributed by atoms with Crippen molar-refractivity contribution < 1.29 is 35.5 Å². The van der Waals surface area contributed by atoms with Crippen molar-refractivity contribution in [3.8, 4) is 33.6 Å². The van der Waals surface area contributed by atoms with Crippen LogP contribution < -0.4 is 5.19 Å². The molecule has 1 radical (unpaired) electrons. The Bertz CT molecular complexity index is 3000. The van der Waals surface area contributed by atoms with Gasteiger partial charge in [0, 0.05) is 48.9 Å². The van der Waals surface area contributed by atoms with Gasteiger partial charge in [0.25, 0.3) is 0 Å². The van der Waals surface area contributed by atoms with Crippen LogP contribution in [0.5, 0.6) is 0 Å². The first-order chi connectivity index (χ1) is 29.6. The topological polar surface area (TPSA) is 38.9 Å². The first-order valence-corrected chi connectivity index (χ1v) is 22.5. The Hall–Kier alpha value is -4.67. The molecule has 0 saturated carbocycles. The van der Waals surface area contributed by atoms with E-state index in [1.165, 1.54) is 22.0 Å². The van der Waals surface area contributed by atoms with Gasteiger partial charge in [0.2, 0.25) is 0 Å². The van der Waals surface area contributed by atoms with Crippen LogP contribution in [0, 0.1) is 24.9 Å². The van der Waals surface area contributed by atoms with Crippen LogP contribution in [0.4, 0.5) is 0 Å². The molecule has 1 unspecified atom stereocenters. The Morgan fingerprint density at radius 3 is 2.45 bits per heavy atom. The van der Waals surface area contributed by atoms with Crippen LogP contribution in [0.15, 0.2) is 120 Å². The van der Waals surface area contributed by atoms with Crippen molar-refractivity contribution in [2.24, 2.45) is 5.92 Å². The van der Waals surface area contributed by atoms with Crippen molar-refractivity contribution >= 4 is 46.0 Å². The number of furan rings is 1. The zero-order valence-corrected chi connectivity index (χ0v) is 36.0. The first-order valence-electron chi connectivity index (χ1n) is 23.0. The number of fused-ring (bicyclic) bond motifs is 5. The van der Waals surface area contributed by atoms with E-state index in [4.69, 9.17) is 15.4 Å². The molecule has 3 aromatic heterocycles. The van der Waals surface area contributed by atoms with Crippen LogP contribution in [-0.2, 0) is 32.9 Å². The number of hydrogen-bond donors (Lipinski definition) is 0. The molecule has 3 nitrogen and oxygen atoms in total. The van der Waals surface area contributed by atoms with E-state index in [9.17, 15) is 0 Å². The van der Waals surface area contributed by atoms with Crippen LogP contribution in [0.3, 0.4) is 0 Å². The molecule has 5 aromatic carbocycles. The van der Waals surface area contributed by atoms with Gasteiger partial charge in [-0.1, -0.05) is 136 Å². The van der Waals surface area contributed by atoms with E-state index in [0.29, 0.717) is 28.0 Å². The smallest absolute Gasteiger partial charge is 0.121 e. The molecule has 8 aromatic rings. The van der Waals surface area contributed by atoms with Gasteiger partial charge < -0.3 is 14.4 Å². The van der Waals surface area contributed by atoms with E-state index >= 15 is 0 Å². The summed E-state index contributed by atoms with van der Waals surface area (Å²) in [5, 5.41) is 5.40. The van der Waals surface area contributed by atoms with E-state index in [1.54, 1.807) is 30.5 Å². The van der Waals surface area contributed by atoms with E-state index in [-0.39, 0.29) is 44.4 Å². The summed E-state index contributed by atoms with van der Waals surface area (Å²) >= 11 is 0. The maximum absolute atomic E-state index is 8.93. The Balaban J connectivity index is 0.000000202. The average molecular weight is 935 g/mol. The minimum Gasteiger partial charge on any atom is -0.501 e. The quantitative estimate of drug-likeness (QED) is 0.123. The molecule has 1 aliphatic rings. The van der Waals surface area contributed by atoms with Crippen molar-refractivity contribution in [1.29, 1.82) is 0 Å². The molecule has 56 heavy (non-hydrogen) atoms. The van der Waals surface area contributed by atoms with Gasteiger partial charge in [-0.25, -0.2) is 0 Å². The summed E-state index contributed by atoms with van der Waals surface area (Å²) in [6.07, 6.45) is 0.378. The van der Waals surface area contributed by atoms with Crippen LogP contribution in [0.2, 0.25) is 19.6 Å². The summed E-state index contributed by atoms with van der Waals surface area (Å²) in [5.41, 5.74) is 7.86. The van der Waals surface area contributed by atoms with Gasteiger partial charge >= 0.3 is 0 Å². The molecule has 0 saturated heterocycles. The second-order valence-corrected chi connectivity index (χ2v) is 20.6. The minimum absolute atomic E-state index is 0. The summed E-state index contributed by atoms with van der Waals surface area (Å²) < 4.78 is 72.2. The van der Waals surface area contributed by atoms with Crippen molar-refractivity contribution in [2.75, 3.05) is 0 Å². The molecule has 1 atom stereocenters. The zero-order valence-electron chi connectivity index (χ0n) is 40.6. The number of aryl methyl sites for hydroxylation is 2. The van der Waals surface area contributed by atoms with E-state index < -0.39 is 33.6 Å². The number of benzene rings is 5. The predicted molar refractivity (Wildman–Crippen MR) is 235 cm³/mol. The Morgan fingerprint density at radius 2 is 1.66 bits per heavy atom. The molecule has 0 bridgehead atoms. The van der Waals surface area contributed by atoms with Gasteiger partial charge in [0.05, 0.1) is 13.7 Å².